The number of rotatable bonds is 6. The van der Waals surface area contributed by atoms with Crippen LogP contribution in [0.25, 0.3) is 0 Å². The molecular formula is C21H37IN6O. The van der Waals surface area contributed by atoms with Gasteiger partial charge in [-0.2, -0.15) is 0 Å². The van der Waals surface area contributed by atoms with Crippen LogP contribution in [0.3, 0.4) is 0 Å². The summed E-state index contributed by atoms with van der Waals surface area (Å²) in [6.45, 7) is 16.1. The van der Waals surface area contributed by atoms with Gasteiger partial charge >= 0.3 is 0 Å². The lowest BCUT2D eigenvalue weighted by atomic mass is 10.2. The van der Waals surface area contributed by atoms with Crippen molar-refractivity contribution in [1.82, 2.24) is 20.1 Å². The van der Waals surface area contributed by atoms with Gasteiger partial charge in [0.2, 0.25) is 0 Å². The van der Waals surface area contributed by atoms with Crippen molar-refractivity contribution in [3.8, 4) is 0 Å². The molecule has 1 aromatic heterocycles. The molecule has 8 heteroatoms. The van der Waals surface area contributed by atoms with E-state index in [0.29, 0.717) is 5.92 Å². The third-order valence-electron chi connectivity index (χ3n) is 5.18. The summed E-state index contributed by atoms with van der Waals surface area (Å²) in [5.74, 6) is 2.76. The summed E-state index contributed by atoms with van der Waals surface area (Å²) >= 11 is 0. The van der Waals surface area contributed by atoms with Crippen LogP contribution in [0, 0.1) is 5.92 Å². The highest BCUT2D eigenvalue weighted by atomic mass is 127. The fourth-order valence-corrected chi connectivity index (χ4v) is 3.88. The molecule has 0 aliphatic carbocycles. The van der Waals surface area contributed by atoms with Gasteiger partial charge in [-0.15, -0.1) is 24.0 Å². The van der Waals surface area contributed by atoms with E-state index in [4.69, 9.17) is 9.73 Å². The average Bonchev–Trinajstić information content (AvgIpc) is 2.72. The molecule has 1 atom stereocenters. The van der Waals surface area contributed by atoms with E-state index in [1.54, 1.807) is 0 Å². The first-order chi connectivity index (χ1) is 13.7. The molecule has 0 amide bonds. The van der Waals surface area contributed by atoms with E-state index >= 15 is 0 Å². The number of nitrogens with one attached hydrogen (secondary N) is 1. The van der Waals surface area contributed by atoms with Gasteiger partial charge in [-0.1, -0.05) is 19.9 Å². The molecule has 0 saturated carbocycles. The maximum Gasteiger partial charge on any atom is 0.194 e. The van der Waals surface area contributed by atoms with Crippen LogP contribution in [0.1, 0.15) is 20.8 Å². The van der Waals surface area contributed by atoms with Crippen molar-refractivity contribution in [2.24, 2.45) is 10.9 Å². The van der Waals surface area contributed by atoms with E-state index in [0.717, 1.165) is 77.3 Å². The third kappa shape index (κ3) is 7.57. The second-order valence-electron chi connectivity index (χ2n) is 8.00. The van der Waals surface area contributed by atoms with Crippen LogP contribution in [0.4, 0.5) is 5.82 Å². The molecule has 1 aromatic rings. The number of anilines is 1. The van der Waals surface area contributed by atoms with Crippen LogP contribution < -0.4 is 10.2 Å². The Hall–Kier alpha value is -1.13. The molecule has 0 radical (unpaired) electrons. The third-order valence-corrected chi connectivity index (χ3v) is 5.18. The Bertz CT molecular complexity index is 606. The number of guanidine groups is 1. The van der Waals surface area contributed by atoms with Gasteiger partial charge in [0, 0.05) is 58.6 Å². The van der Waals surface area contributed by atoms with Crippen LogP contribution >= 0.6 is 24.0 Å². The van der Waals surface area contributed by atoms with Crippen molar-refractivity contribution in [2.75, 3.05) is 70.4 Å². The Kier molecular flexibility index (Phi) is 10.4. The van der Waals surface area contributed by atoms with Gasteiger partial charge in [0.15, 0.2) is 5.96 Å². The SMILES string of the molecule is CCNC(=NCC1CN(CC(C)C)CCO1)N1CCN(c2ccccn2)CC1.I. The monoisotopic (exact) mass is 516 g/mol. The lowest BCUT2D eigenvalue weighted by molar-refractivity contribution is -0.0262. The van der Waals surface area contributed by atoms with E-state index in [9.17, 15) is 0 Å². The second-order valence-corrected chi connectivity index (χ2v) is 8.00. The minimum absolute atomic E-state index is 0. The normalized spacial score (nSPS) is 21.2. The van der Waals surface area contributed by atoms with Crippen LogP contribution in [-0.4, -0.2) is 92.4 Å². The van der Waals surface area contributed by atoms with Gasteiger partial charge in [-0.05, 0) is 25.0 Å². The molecule has 2 aliphatic rings. The number of hydrogen-bond donors (Lipinski definition) is 1. The predicted octanol–water partition coefficient (Wildman–Crippen LogP) is 2.14. The molecule has 164 valence electrons. The zero-order valence-electron chi connectivity index (χ0n) is 18.1. The van der Waals surface area contributed by atoms with Crippen LogP contribution in [-0.2, 0) is 4.74 Å². The first-order valence-electron chi connectivity index (χ1n) is 10.7. The second kappa shape index (κ2) is 12.5. The van der Waals surface area contributed by atoms with Crippen molar-refractivity contribution in [1.29, 1.82) is 0 Å². The van der Waals surface area contributed by atoms with E-state index in [-0.39, 0.29) is 30.1 Å². The maximum atomic E-state index is 5.97. The number of nitrogens with zero attached hydrogens (tertiary/aromatic N) is 5. The molecule has 2 aliphatic heterocycles. The minimum Gasteiger partial charge on any atom is -0.374 e. The van der Waals surface area contributed by atoms with E-state index < -0.39 is 0 Å². The van der Waals surface area contributed by atoms with E-state index in [2.05, 4.69) is 51.8 Å². The number of hydrogen-bond acceptors (Lipinski definition) is 5. The van der Waals surface area contributed by atoms with Gasteiger partial charge in [0.05, 0.1) is 19.3 Å². The van der Waals surface area contributed by atoms with Crippen molar-refractivity contribution in [3.05, 3.63) is 24.4 Å². The smallest absolute Gasteiger partial charge is 0.194 e. The molecule has 0 aromatic carbocycles. The van der Waals surface area contributed by atoms with Crippen molar-refractivity contribution in [3.63, 3.8) is 0 Å². The number of halogens is 1. The van der Waals surface area contributed by atoms with Crippen LogP contribution in [0.5, 0.6) is 0 Å². The Morgan fingerprint density at radius 3 is 2.69 bits per heavy atom. The molecule has 3 heterocycles. The molecule has 29 heavy (non-hydrogen) atoms. The molecule has 7 nitrogen and oxygen atoms in total. The number of ether oxygens (including phenoxy) is 1. The van der Waals surface area contributed by atoms with E-state index in [1.807, 2.05) is 18.3 Å². The maximum absolute atomic E-state index is 5.97. The highest BCUT2D eigenvalue weighted by Crippen LogP contribution is 2.13. The largest absolute Gasteiger partial charge is 0.374 e. The zero-order valence-corrected chi connectivity index (χ0v) is 20.4. The summed E-state index contributed by atoms with van der Waals surface area (Å²) < 4.78 is 5.97. The fourth-order valence-electron chi connectivity index (χ4n) is 3.88. The van der Waals surface area contributed by atoms with Crippen molar-refractivity contribution in [2.45, 2.75) is 26.9 Å². The summed E-state index contributed by atoms with van der Waals surface area (Å²) in [7, 11) is 0. The molecule has 1 unspecified atom stereocenters. The van der Waals surface area contributed by atoms with Gasteiger partial charge in [-0.25, -0.2) is 4.98 Å². The van der Waals surface area contributed by atoms with Gasteiger partial charge in [-0.3, -0.25) is 9.89 Å². The number of aromatic nitrogens is 1. The summed E-state index contributed by atoms with van der Waals surface area (Å²) in [6, 6.07) is 6.09. The molecular weight excluding hydrogens is 479 g/mol. The Morgan fingerprint density at radius 2 is 2.03 bits per heavy atom. The highest BCUT2D eigenvalue weighted by molar-refractivity contribution is 14.0. The standard InChI is InChI=1S/C21H36N6O.HI/c1-4-22-21(24-15-19-17-25(13-14-28-19)16-18(2)3)27-11-9-26(10-12-27)20-7-5-6-8-23-20;/h5-8,18-19H,4,9-17H2,1-3H3,(H,22,24);1H. The lowest BCUT2D eigenvalue weighted by Gasteiger charge is -2.37. The number of aliphatic imine (C=N–C) groups is 1. The highest BCUT2D eigenvalue weighted by Gasteiger charge is 2.23. The van der Waals surface area contributed by atoms with Gasteiger partial charge < -0.3 is 19.9 Å². The first-order valence-corrected chi connectivity index (χ1v) is 10.7. The summed E-state index contributed by atoms with van der Waals surface area (Å²) in [6.07, 6.45) is 2.05. The molecule has 2 saturated heterocycles. The number of piperazine rings is 1. The van der Waals surface area contributed by atoms with Crippen LogP contribution in [0.2, 0.25) is 0 Å². The zero-order chi connectivity index (χ0) is 19.8. The summed E-state index contributed by atoms with van der Waals surface area (Å²) in [4.78, 5) is 16.6. The molecule has 0 bridgehead atoms. The molecule has 3 rings (SSSR count). The number of pyridine rings is 1. The Balaban J connectivity index is 0.00000300. The quantitative estimate of drug-likeness (QED) is 0.356. The topological polar surface area (TPSA) is 56.2 Å². The minimum atomic E-state index is 0. The Morgan fingerprint density at radius 1 is 1.24 bits per heavy atom. The summed E-state index contributed by atoms with van der Waals surface area (Å²) in [5.41, 5.74) is 0. The molecule has 1 N–H and O–H groups in total. The van der Waals surface area contributed by atoms with Crippen molar-refractivity contribution >= 4 is 35.8 Å². The predicted molar refractivity (Wildman–Crippen MR) is 130 cm³/mol. The van der Waals surface area contributed by atoms with Gasteiger partial charge in [0.1, 0.15) is 5.82 Å². The summed E-state index contributed by atoms with van der Waals surface area (Å²) in [5, 5.41) is 3.46. The lowest BCUT2D eigenvalue weighted by Crippen LogP contribution is -2.53. The van der Waals surface area contributed by atoms with E-state index in [1.165, 1.54) is 0 Å². The fraction of sp³-hybridized carbons (Fsp3) is 0.714. The van der Waals surface area contributed by atoms with Crippen molar-refractivity contribution < 1.29 is 4.74 Å². The average molecular weight is 516 g/mol. The number of morpholine rings is 1. The molecule has 2 fully saturated rings. The Labute approximate surface area is 192 Å². The molecule has 0 spiro atoms. The van der Waals surface area contributed by atoms with Crippen LogP contribution in [0.15, 0.2) is 29.4 Å². The first kappa shape index (κ1) is 24.1. The van der Waals surface area contributed by atoms with Gasteiger partial charge in [0.25, 0.3) is 0 Å².